The van der Waals surface area contributed by atoms with Crippen molar-refractivity contribution in [3.63, 3.8) is 0 Å². The maximum atomic E-state index is 11.9. The van der Waals surface area contributed by atoms with Crippen LogP contribution in [0.4, 0.5) is 5.69 Å². The van der Waals surface area contributed by atoms with Crippen LogP contribution in [-0.2, 0) is 14.3 Å². The van der Waals surface area contributed by atoms with E-state index in [1.807, 2.05) is 13.8 Å². The van der Waals surface area contributed by atoms with Gasteiger partial charge in [-0.1, -0.05) is 13.8 Å². The number of nitrogens with one attached hydrogen (secondary N) is 2. The summed E-state index contributed by atoms with van der Waals surface area (Å²) in [5, 5.41) is 5.24. The van der Waals surface area contributed by atoms with E-state index in [0.717, 1.165) is 18.8 Å². The average molecular weight is 335 g/mol. The Kier molecular flexibility index (Phi) is 6.57. The van der Waals surface area contributed by atoms with Crippen molar-refractivity contribution in [2.24, 2.45) is 11.7 Å². The van der Waals surface area contributed by atoms with E-state index in [1.54, 1.807) is 24.3 Å². The summed E-state index contributed by atoms with van der Waals surface area (Å²) in [6, 6.07) is 6.48. The van der Waals surface area contributed by atoms with Crippen molar-refractivity contribution in [3.05, 3.63) is 24.3 Å². The minimum Gasteiger partial charge on any atom is -0.488 e. The molecule has 0 saturated carbocycles. The summed E-state index contributed by atoms with van der Waals surface area (Å²) in [4.78, 5) is 23.6. The van der Waals surface area contributed by atoms with Crippen molar-refractivity contribution < 1.29 is 19.1 Å². The number of hydrogen-bond donors (Lipinski definition) is 3. The van der Waals surface area contributed by atoms with Crippen molar-refractivity contribution in [3.8, 4) is 5.75 Å². The molecule has 0 aromatic heterocycles. The smallest absolute Gasteiger partial charge is 0.243 e. The molecule has 0 spiro atoms. The Bertz CT molecular complexity index is 553. The van der Waals surface area contributed by atoms with Gasteiger partial charge in [-0.3, -0.25) is 9.59 Å². The van der Waals surface area contributed by atoms with Crippen LogP contribution in [0.15, 0.2) is 24.3 Å². The fourth-order valence-electron chi connectivity index (χ4n) is 2.21. The van der Waals surface area contributed by atoms with Gasteiger partial charge in [0.15, 0.2) is 0 Å². The summed E-state index contributed by atoms with van der Waals surface area (Å²) in [6.45, 7) is 4.93. The maximum absolute atomic E-state index is 11.9. The van der Waals surface area contributed by atoms with E-state index in [2.05, 4.69) is 10.6 Å². The largest absolute Gasteiger partial charge is 0.488 e. The number of carbonyl (C=O) groups excluding carboxylic acids is 2. The molecule has 0 bridgehead atoms. The molecule has 1 aromatic rings. The fraction of sp³-hybridized carbons (Fsp3) is 0.529. The van der Waals surface area contributed by atoms with Gasteiger partial charge in [0.2, 0.25) is 11.8 Å². The molecule has 1 unspecified atom stereocenters. The summed E-state index contributed by atoms with van der Waals surface area (Å²) in [7, 11) is 0. The molecule has 1 heterocycles. The molecule has 4 N–H and O–H groups in total. The van der Waals surface area contributed by atoms with E-state index in [4.69, 9.17) is 15.2 Å². The van der Waals surface area contributed by atoms with Crippen LogP contribution in [-0.4, -0.2) is 43.7 Å². The van der Waals surface area contributed by atoms with Crippen LogP contribution in [0.25, 0.3) is 0 Å². The third-order valence-corrected chi connectivity index (χ3v) is 3.77. The van der Waals surface area contributed by atoms with Gasteiger partial charge in [-0.15, -0.1) is 0 Å². The first-order chi connectivity index (χ1) is 11.5. The maximum Gasteiger partial charge on any atom is 0.243 e. The van der Waals surface area contributed by atoms with E-state index in [0.29, 0.717) is 12.3 Å². The Morgan fingerprint density at radius 2 is 2.04 bits per heavy atom. The molecule has 0 radical (unpaired) electrons. The van der Waals surface area contributed by atoms with Crippen molar-refractivity contribution in [1.82, 2.24) is 5.32 Å². The zero-order chi connectivity index (χ0) is 17.5. The zero-order valence-electron chi connectivity index (χ0n) is 14.1. The quantitative estimate of drug-likeness (QED) is 0.687. The van der Waals surface area contributed by atoms with E-state index >= 15 is 0 Å². The Morgan fingerprint density at radius 1 is 1.33 bits per heavy atom. The molecule has 1 fully saturated rings. The van der Waals surface area contributed by atoms with Crippen LogP contribution < -0.4 is 21.1 Å². The summed E-state index contributed by atoms with van der Waals surface area (Å²) in [5.41, 5.74) is 6.35. The van der Waals surface area contributed by atoms with Gasteiger partial charge in [0.25, 0.3) is 0 Å². The fourth-order valence-corrected chi connectivity index (χ4v) is 2.21. The number of ether oxygens (including phenoxy) is 2. The topological polar surface area (TPSA) is 103 Å². The van der Waals surface area contributed by atoms with Crippen molar-refractivity contribution in [2.75, 3.05) is 25.1 Å². The van der Waals surface area contributed by atoms with Gasteiger partial charge in [-0.2, -0.15) is 0 Å². The average Bonchev–Trinajstić information content (AvgIpc) is 3.06. The van der Waals surface area contributed by atoms with Crippen molar-refractivity contribution >= 4 is 17.5 Å². The minimum absolute atomic E-state index is 0.0193. The lowest BCUT2D eigenvalue weighted by Gasteiger charge is -2.15. The summed E-state index contributed by atoms with van der Waals surface area (Å²) in [6.07, 6.45) is 0.974. The molecule has 2 amide bonds. The number of benzene rings is 1. The highest BCUT2D eigenvalue weighted by atomic mass is 16.5. The third kappa shape index (κ3) is 5.50. The molecule has 7 heteroatoms. The highest BCUT2D eigenvalue weighted by molar-refractivity contribution is 5.95. The van der Waals surface area contributed by atoms with Gasteiger partial charge in [-0.25, -0.2) is 0 Å². The monoisotopic (exact) mass is 335 g/mol. The number of rotatable bonds is 7. The van der Waals surface area contributed by atoms with Crippen LogP contribution in [0.5, 0.6) is 5.75 Å². The second-order valence-electron chi connectivity index (χ2n) is 6.16. The molecule has 0 aliphatic carbocycles. The minimum atomic E-state index is -0.617. The van der Waals surface area contributed by atoms with Crippen molar-refractivity contribution in [1.29, 1.82) is 0 Å². The predicted molar refractivity (Wildman–Crippen MR) is 90.7 cm³/mol. The summed E-state index contributed by atoms with van der Waals surface area (Å²) >= 11 is 0. The van der Waals surface area contributed by atoms with Crippen LogP contribution >= 0.6 is 0 Å². The number of hydrogen-bond acceptors (Lipinski definition) is 5. The highest BCUT2D eigenvalue weighted by Crippen LogP contribution is 2.19. The molecule has 132 valence electrons. The molecule has 1 aliphatic heterocycles. The van der Waals surface area contributed by atoms with Gasteiger partial charge >= 0.3 is 0 Å². The molecule has 2 atom stereocenters. The Balaban J connectivity index is 1.76. The van der Waals surface area contributed by atoms with Gasteiger partial charge in [0.1, 0.15) is 11.9 Å². The van der Waals surface area contributed by atoms with Gasteiger partial charge in [-0.05, 0) is 30.2 Å². The van der Waals surface area contributed by atoms with Gasteiger partial charge in [0, 0.05) is 12.1 Å². The molecule has 7 nitrogen and oxygen atoms in total. The Hall–Kier alpha value is -2.12. The lowest BCUT2D eigenvalue weighted by atomic mass is 10.1. The lowest BCUT2D eigenvalue weighted by molar-refractivity contribution is -0.125. The summed E-state index contributed by atoms with van der Waals surface area (Å²) in [5.74, 6) is 0.116. The van der Waals surface area contributed by atoms with Crippen LogP contribution in [0.2, 0.25) is 0 Å². The molecular weight excluding hydrogens is 310 g/mol. The molecule has 1 aromatic carbocycles. The van der Waals surface area contributed by atoms with Gasteiger partial charge < -0.3 is 25.8 Å². The Morgan fingerprint density at radius 3 is 2.62 bits per heavy atom. The van der Waals surface area contributed by atoms with E-state index in [9.17, 15) is 9.59 Å². The molecule has 1 saturated heterocycles. The number of carbonyl (C=O) groups is 2. The van der Waals surface area contributed by atoms with E-state index in [1.165, 1.54) is 0 Å². The Labute approximate surface area is 141 Å². The lowest BCUT2D eigenvalue weighted by Crippen LogP contribution is -2.46. The van der Waals surface area contributed by atoms with Gasteiger partial charge in [0.05, 0.1) is 25.8 Å². The van der Waals surface area contributed by atoms with Crippen LogP contribution in [0.3, 0.4) is 0 Å². The second kappa shape index (κ2) is 8.65. The number of amides is 2. The normalized spacial score (nSPS) is 18.2. The predicted octanol–water partition coefficient (Wildman–Crippen LogP) is 0.892. The summed E-state index contributed by atoms with van der Waals surface area (Å²) < 4.78 is 11.0. The molecule has 24 heavy (non-hydrogen) atoms. The van der Waals surface area contributed by atoms with E-state index in [-0.39, 0.29) is 30.4 Å². The molecule has 1 aliphatic rings. The standard InChI is InChI=1S/C17H25N3O4/c1-11(2)16(18)17(22)19-9-15(21)20-12-3-5-13(6-4-12)24-14-7-8-23-10-14/h3-6,11,14,16H,7-10,18H2,1-2H3,(H,19,22)(H,20,21)/t14?,16-/m0/s1. The molecule has 2 rings (SSSR count). The first-order valence-electron chi connectivity index (χ1n) is 8.13. The first-order valence-corrected chi connectivity index (χ1v) is 8.13. The number of nitrogens with two attached hydrogens (primary N) is 1. The van der Waals surface area contributed by atoms with E-state index < -0.39 is 6.04 Å². The van der Waals surface area contributed by atoms with Crippen molar-refractivity contribution in [2.45, 2.75) is 32.4 Å². The zero-order valence-corrected chi connectivity index (χ0v) is 14.1. The first kappa shape index (κ1) is 18.2. The SMILES string of the molecule is CC(C)[C@H](N)C(=O)NCC(=O)Nc1ccc(OC2CCOC2)cc1. The third-order valence-electron chi connectivity index (χ3n) is 3.77. The number of anilines is 1. The second-order valence-corrected chi connectivity index (χ2v) is 6.16. The van der Waals surface area contributed by atoms with Crippen LogP contribution in [0.1, 0.15) is 20.3 Å². The van der Waals surface area contributed by atoms with Crippen LogP contribution in [0, 0.1) is 5.92 Å². The molecular formula is C17H25N3O4. The highest BCUT2D eigenvalue weighted by Gasteiger charge is 2.18.